The average Bonchev–Trinajstić information content (AvgIpc) is 2.78. The number of fused-ring (bicyclic) bond motifs is 1. The van der Waals surface area contributed by atoms with Gasteiger partial charge in [0.25, 0.3) is 0 Å². The Kier molecular flexibility index (Phi) is 4.58. The van der Waals surface area contributed by atoms with Crippen LogP contribution in [0, 0.1) is 0 Å². The maximum Gasteiger partial charge on any atom is 0.225 e. The maximum absolute atomic E-state index is 5.06. The molecule has 6 heteroatoms. The van der Waals surface area contributed by atoms with Gasteiger partial charge < -0.3 is 10.1 Å². The van der Waals surface area contributed by atoms with Crippen LogP contribution in [0.2, 0.25) is 0 Å². The summed E-state index contributed by atoms with van der Waals surface area (Å²) in [4.78, 5) is 10.0. The highest BCUT2D eigenvalue weighted by Crippen LogP contribution is 2.29. The zero-order chi connectivity index (χ0) is 12.1. The molecule has 0 aliphatic carbocycles. The molecular formula is C11H15N3OS2. The van der Waals surface area contributed by atoms with Crippen LogP contribution in [0.3, 0.4) is 0 Å². The predicted octanol–water partition coefficient (Wildman–Crippen LogP) is 2.86. The molecule has 0 aliphatic heterocycles. The molecule has 2 rings (SSSR count). The molecule has 0 aliphatic rings. The van der Waals surface area contributed by atoms with Crippen molar-refractivity contribution in [2.24, 2.45) is 0 Å². The average molecular weight is 269 g/mol. The van der Waals surface area contributed by atoms with Crippen LogP contribution in [0.5, 0.6) is 0 Å². The van der Waals surface area contributed by atoms with Gasteiger partial charge in [-0.05, 0) is 18.4 Å². The Bertz CT molecular complexity index is 487. The summed E-state index contributed by atoms with van der Waals surface area (Å²) in [5, 5.41) is 7.38. The molecule has 2 aromatic rings. The smallest absolute Gasteiger partial charge is 0.225 e. The van der Waals surface area contributed by atoms with Crippen LogP contribution < -0.4 is 5.32 Å². The number of hydrogen-bond donors (Lipinski definition) is 1. The van der Waals surface area contributed by atoms with E-state index in [1.165, 1.54) is 0 Å². The minimum absolute atomic E-state index is 0.711. The summed E-state index contributed by atoms with van der Waals surface area (Å²) in [7, 11) is 1.71. The molecule has 4 nitrogen and oxygen atoms in total. The van der Waals surface area contributed by atoms with E-state index in [2.05, 4.69) is 26.7 Å². The van der Waals surface area contributed by atoms with Crippen molar-refractivity contribution in [2.75, 3.05) is 31.3 Å². The van der Waals surface area contributed by atoms with Gasteiger partial charge in [0.1, 0.15) is 9.86 Å². The second-order valence-electron chi connectivity index (χ2n) is 3.36. The molecule has 2 heterocycles. The van der Waals surface area contributed by atoms with Crippen LogP contribution in [0.1, 0.15) is 6.92 Å². The Balaban J connectivity index is 2.26. The van der Waals surface area contributed by atoms with Crippen LogP contribution >= 0.6 is 23.1 Å². The quantitative estimate of drug-likeness (QED) is 0.496. The van der Waals surface area contributed by atoms with Crippen molar-refractivity contribution in [2.45, 2.75) is 11.9 Å². The minimum Gasteiger partial charge on any atom is -0.384 e. The van der Waals surface area contributed by atoms with Gasteiger partial charge in [0, 0.05) is 24.8 Å². The van der Waals surface area contributed by atoms with E-state index in [1.54, 1.807) is 30.2 Å². The van der Waals surface area contributed by atoms with Gasteiger partial charge in [0.2, 0.25) is 5.95 Å². The van der Waals surface area contributed by atoms with Gasteiger partial charge in [-0.1, -0.05) is 0 Å². The molecule has 0 saturated carbocycles. The number of nitrogens with zero attached hydrogens (tertiary/aromatic N) is 2. The van der Waals surface area contributed by atoms with E-state index in [9.17, 15) is 0 Å². The number of ether oxygens (including phenoxy) is 1. The summed E-state index contributed by atoms with van der Waals surface area (Å²) in [5.41, 5.74) is 0. The highest BCUT2D eigenvalue weighted by molar-refractivity contribution is 7.99. The van der Waals surface area contributed by atoms with E-state index in [0.29, 0.717) is 5.95 Å². The second kappa shape index (κ2) is 6.18. The third kappa shape index (κ3) is 3.08. The SMILES string of the molecule is CCNc1nc(SCCOC)c2ccsc2n1. The fourth-order valence-electron chi connectivity index (χ4n) is 1.40. The lowest BCUT2D eigenvalue weighted by Gasteiger charge is -2.06. The van der Waals surface area contributed by atoms with Crippen molar-refractivity contribution in [3.05, 3.63) is 11.4 Å². The molecule has 92 valence electrons. The van der Waals surface area contributed by atoms with Crippen molar-refractivity contribution in [3.63, 3.8) is 0 Å². The number of anilines is 1. The van der Waals surface area contributed by atoms with Crippen molar-refractivity contribution in [1.82, 2.24) is 9.97 Å². The molecule has 0 radical (unpaired) electrons. The second-order valence-corrected chi connectivity index (χ2v) is 5.34. The first-order valence-corrected chi connectivity index (χ1v) is 7.32. The number of nitrogens with one attached hydrogen (secondary N) is 1. The van der Waals surface area contributed by atoms with Gasteiger partial charge in [-0.15, -0.1) is 23.1 Å². The van der Waals surface area contributed by atoms with Gasteiger partial charge in [0.05, 0.1) is 6.61 Å². The Morgan fingerprint density at radius 3 is 3.12 bits per heavy atom. The standard InChI is InChI=1S/C11H15N3OS2/c1-3-12-11-13-9-8(4-6-16-9)10(14-11)17-7-5-15-2/h4,6H,3,5,7H2,1-2H3,(H,12,13,14). The summed E-state index contributed by atoms with van der Waals surface area (Å²) in [6.45, 7) is 3.61. The molecule has 0 fully saturated rings. The van der Waals surface area contributed by atoms with Crippen molar-refractivity contribution < 1.29 is 4.74 Å². The number of methoxy groups -OCH3 is 1. The van der Waals surface area contributed by atoms with Crippen LogP contribution in [0.4, 0.5) is 5.95 Å². The lowest BCUT2D eigenvalue weighted by Crippen LogP contribution is -2.03. The molecule has 2 aromatic heterocycles. The first-order valence-electron chi connectivity index (χ1n) is 5.46. The zero-order valence-corrected chi connectivity index (χ0v) is 11.5. The summed E-state index contributed by atoms with van der Waals surface area (Å²) in [5.74, 6) is 1.62. The topological polar surface area (TPSA) is 47.0 Å². The Hall–Kier alpha value is -0.850. The molecular weight excluding hydrogens is 254 g/mol. The third-order valence-corrected chi connectivity index (χ3v) is 3.91. The molecule has 0 unspecified atom stereocenters. The first-order chi connectivity index (χ1) is 8.35. The van der Waals surface area contributed by atoms with E-state index >= 15 is 0 Å². The van der Waals surface area contributed by atoms with E-state index in [-0.39, 0.29) is 0 Å². The normalized spacial score (nSPS) is 10.9. The monoisotopic (exact) mass is 269 g/mol. The minimum atomic E-state index is 0.711. The highest BCUT2D eigenvalue weighted by atomic mass is 32.2. The van der Waals surface area contributed by atoms with Crippen molar-refractivity contribution in [3.8, 4) is 0 Å². The van der Waals surface area contributed by atoms with Crippen LogP contribution in [0.15, 0.2) is 16.5 Å². The fraction of sp³-hybridized carbons (Fsp3) is 0.455. The third-order valence-electron chi connectivity index (χ3n) is 2.15. The maximum atomic E-state index is 5.06. The van der Waals surface area contributed by atoms with Gasteiger partial charge in [-0.2, -0.15) is 0 Å². The number of hydrogen-bond acceptors (Lipinski definition) is 6. The van der Waals surface area contributed by atoms with E-state index in [1.807, 2.05) is 6.92 Å². The summed E-state index contributed by atoms with van der Waals surface area (Å²) in [6, 6.07) is 2.07. The molecule has 17 heavy (non-hydrogen) atoms. The lowest BCUT2D eigenvalue weighted by molar-refractivity contribution is 0.218. The molecule has 0 aromatic carbocycles. The summed E-state index contributed by atoms with van der Waals surface area (Å²) in [6.07, 6.45) is 0. The van der Waals surface area contributed by atoms with Gasteiger partial charge in [-0.3, -0.25) is 0 Å². The van der Waals surface area contributed by atoms with E-state index in [0.717, 1.165) is 34.1 Å². The number of thioether (sulfide) groups is 1. The van der Waals surface area contributed by atoms with E-state index in [4.69, 9.17) is 4.74 Å². The summed E-state index contributed by atoms with van der Waals surface area (Å²) >= 11 is 3.35. The Labute approximate surface area is 109 Å². The van der Waals surface area contributed by atoms with Gasteiger partial charge >= 0.3 is 0 Å². The molecule has 1 N–H and O–H groups in total. The fourth-order valence-corrected chi connectivity index (χ4v) is 3.14. The lowest BCUT2D eigenvalue weighted by atomic mass is 10.4. The van der Waals surface area contributed by atoms with Crippen LogP contribution in [0.25, 0.3) is 10.2 Å². The Morgan fingerprint density at radius 1 is 1.47 bits per heavy atom. The molecule has 0 saturated heterocycles. The van der Waals surface area contributed by atoms with Crippen LogP contribution in [-0.4, -0.2) is 36.0 Å². The number of rotatable bonds is 6. The van der Waals surface area contributed by atoms with E-state index < -0.39 is 0 Å². The molecule has 0 bridgehead atoms. The van der Waals surface area contributed by atoms with Crippen LogP contribution in [-0.2, 0) is 4.74 Å². The predicted molar refractivity (Wildman–Crippen MR) is 74.2 cm³/mol. The van der Waals surface area contributed by atoms with Crippen molar-refractivity contribution >= 4 is 39.3 Å². The number of aromatic nitrogens is 2. The first kappa shape index (κ1) is 12.6. The molecule has 0 spiro atoms. The van der Waals surface area contributed by atoms with Crippen molar-refractivity contribution in [1.29, 1.82) is 0 Å². The zero-order valence-electron chi connectivity index (χ0n) is 9.90. The number of thiophene rings is 1. The van der Waals surface area contributed by atoms with Gasteiger partial charge in [0.15, 0.2) is 0 Å². The summed E-state index contributed by atoms with van der Waals surface area (Å²) < 4.78 is 5.06. The van der Waals surface area contributed by atoms with Gasteiger partial charge in [-0.25, -0.2) is 9.97 Å². The highest BCUT2D eigenvalue weighted by Gasteiger charge is 2.08. The molecule has 0 amide bonds. The Morgan fingerprint density at radius 2 is 2.35 bits per heavy atom. The largest absolute Gasteiger partial charge is 0.384 e. The molecule has 0 atom stereocenters.